The number of carbonyl (C=O) groups is 1. The van der Waals surface area contributed by atoms with Gasteiger partial charge in [-0.05, 0) is 18.9 Å². The molecule has 1 saturated heterocycles. The number of quaternary nitrogens is 1. The molecule has 0 saturated carbocycles. The van der Waals surface area contributed by atoms with Crippen LogP contribution in [0.15, 0.2) is 24.3 Å². The van der Waals surface area contributed by atoms with Crippen molar-refractivity contribution >= 4 is 5.97 Å². The molecule has 0 bridgehead atoms. The first-order chi connectivity index (χ1) is 9.72. The highest BCUT2D eigenvalue weighted by atomic mass is 16.5. The third-order valence-corrected chi connectivity index (χ3v) is 4.20. The number of ether oxygens (including phenoxy) is 1. The molecule has 0 radical (unpaired) electrons. The highest BCUT2D eigenvalue weighted by molar-refractivity contribution is 5.72. The van der Waals surface area contributed by atoms with Crippen molar-refractivity contribution < 1.29 is 14.4 Å². The maximum atomic E-state index is 11.7. The van der Waals surface area contributed by atoms with Crippen LogP contribution in [-0.4, -0.2) is 25.7 Å². The number of benzene rings is 1. The maximum Gasteiger partial charge on any atom is 0.309 e. The van der Waals surface area contributed by atoms with Gasteiger partial charge >= 0.3 is 5.97 Å². The van der Waals surface area contributed by atoms with E-state index >= 15 is 0 Å². The van der Waals surface area contributed by atoms with Crippen LogP contribution in [-0.2, 0) is 22.5 Å². The van der Waals surface area contributed by atoms with Crippen molar-refractivity contribution in [1.29, 1.82) is 0 Å². The minimum Gasteiger partial charge on any atom is -0.466 e. The number of hydrogen-bond acceptors (Lipinski definition) is 2. The lowest BCUT2D eigenvalue weighted by molar-refractivity contribution is -0.919. The third-order valence-electron chi connectivity index (χ3n) is 4.20. The Kier molecular flexibility index (Phi) is 5.60. The highest BCUT2D eigenvalue weighted by Crippen LogP contribution is 2.12. The topological polar surface area (TPSA) is 30.7 Å². The fourth-order valence-corrected chi connectivity index (χ4v) is 2.88. The van der Waals surface area contributed by atoms with E-state index < -0.39 is 0 Å². The van der Waals surface area contributed by atoms with Gasteiger partial charge in [-0.15, -0.1) is 0 Å². The lowest BCUT2D eigenvalue weighted by Gasteiger charge is -2.28. The van der Waals surface area contributed by atoms with E-state index in [1.807, 2.05) is 6.92 Å². The van der Waals surface area contributed by atoms with Gasteiger partial charge in [0, 0.05) is 18.4 Å². The van der Waals surface area contributed by atoms with E-state index in [0.717, 1.165) is 38.9 Å². The van der Waals surface area contributed by atoms with Crippen LogP contribution < -0.4 is 4.90 Å². The fraction of sp³-hybridized carbons (Fsp3) is 0.588. The maximum absolute atomic E-state index is 11.7. The van der Waals surface area contributed by atoms with E-state index in [1.54, 1.807) is 4.90 Å². The van der Waals surface area contributed by atoms with Gasteiger partial charge in [0.05, 0.1) is 25.6 Å². The molecule has 0 spiro atoms. The second kappa shape index (κ2) is 7.44. The zero-order valence-corrected chi connectivity index (χ0v) is 12.7. The Morgan fingerprint density at radius 3 is 2.30 bits per heavy atom. The van der Waals surface area contributed by atoms with E-state index in [2.05, 4.69) is 31.2 Å². The molecule has 3 heteroatoms. The molecule has 1 fully saturated rings. The molecule has 3 nitrogen and oxygen atoms in total. The van der Waals surface area contributed by atoms with Crippen LogP contribution in [0.2, 0.25) is 0 Å². The van der Waals surface area contributed by atoms with E-state index in [1.165, 1.54) is 11.1 Å². The van der Waals surface area contributed by atoms with Crippen LogP contribution in [0.3, 0.4) is 0 Å². The number of carbonyl (C=O) groups excluding carboxylic acids is 1. The number of aryl methyl sites for hydroxylation is 1. The first-order valence-electron chi connectivity index (χ1n) is 7.81. The summed E-state index contributed by atoms with van der Waals surface area (Å²) in [7, 11) is 0. The van der Waals surface area contributed by atoms with Crippen LogP contribution in [0, 0.1) is 5.92 Å². The second-order valence-electron chi connectivity index (χ2n) is 5.62. The van der Waals surface area contributed by atoms with Crippen molar-refractivity contribution in [2.45, 2.75) is 39.7 Å². The van der Waals surface area contributed by atoms with Crippen LogP contribution in [0.1, 0.15) is 37.8 Å². The fourth-order valence-electron chi connectivity index (χ4n) is 2.88. The third kappa shape index (κ3) is 4.07. The highest BCUT2D eigenvalue weighted by Gasteiger charge is 2.28. The molecule has 20 heavy (non-hydrogen) atoms. The van der Waals surface area contributed by atoms with Crippen LogP contribution in [0.5, 0.6) is 0 Å². The van der Waals surface area contributed by atoms with Gasteiger partial charge in [0.25, 0.3) is 0 Å². The quantitative estimate of drug-likeness (QED) is 0.828. The molecule has 1 aromatic rings. The molecule has 0 atom stereocenters. The Morgan fingerprint density at radius 2 is 1.75 bits per heavy atom. The van der Waals surface area contributed by atoms with E-state index in [4.69, 9.17) is 4.74 Å². The van der Waals surface area contributed by atoms with Gasteiger partial charge in [0.2, 0.25) is 0 Å². The van der Waals surface area contributed by atoms with E-state index in [0.29, 0.717) is 6.61 Å². The molecule has 1 heterocycles. The van der Waals surface area contributed by atoms with Gasteiger partial charge < -0.3 is 9.64 Å². The first-order valence-corrected chi connectivity index (χ1v) is 7.81. The zero-order valence-electron chi connectivity index (χ0n) is 12.7. The van der Waals surface area contributed by atoms with Crippen LogP contribution in [0.25, 0.3) is 0 Å². The average Bonchev–Trinajstić information content (AvgIpc) is 2.49. The molecular weight excluding hydrogens is 250 g/mol. The van der Waals surface area contributed by atoms with Crippen molar-refractivity contribution in [2.75, 3.05) is 19.7 Å². The van der Waals surface area contributed by atoms with Crippen LogP contribution >= 0.6 is 0 Å². The summed E-state index contributed by atoms with van der Waals surface area (Å²) >= 11 is 0. The zero-order chi connectivity index (χ0) is 14.4. The number of hydrogen-bond donors (Lipinski definition) is 1. The number of likely N-dealkylation sites (tertiary alicyclic amines) is 1. The minimum absolute atomic E-state index is 0.00107. The lowest BCUT2D eigenvalue weighted by atomic mass is 9.96. The van der Waals surface area contributed by atoms with Crippen molar-refractivity contribution in [3.63, 3.8) is 0 Å². The van der Waals surface area contributed by atoms with Crippen molar-refractivity contribution in [3.8, 4) is 0 Å². The number of rotatable bonds is 5. The van der Waals surface area contributed by atoms with Crippen molar-refractivity contribution in [3.05, 3.63) is 35.4 Å². The number of esters is 1. The molecule has 1 aromatic carbocycles. The number of nitrogens with one attached hydrogen (secondary N) is 1. The summed E-state index contributed by atoms with van der Waals surface area (Å²) in [6, 6.07) is 8.92. The largest absolute Gasteiger partial charge is 0.466 e. The Balaban J connectivity index is 1.80. The summed E-state index contributed by atoms with van der Waals surface area (Å²) < 4.78 is 5.11. The first kappa shape index (κ1) is 15.0. The molecule has 0 aromatic heterocycles. The molecule has 0 aliphatic carbocycles. The lowest BCUT2D eigenvalue weighted by Crippen LogP contribution is -3.11. The summed E-state index contributed by atoms with van der Waals surface area (Å²) in [6.45, 7) is 7.76. The predicted octanol–water partition coefficient (Wildman–Crippen LogP) is 1.61. The summed E-state index contributed by atoms with van der Waals surface area (Å²) in [6.07, 6.45) is 3.01. The summed E-state index contributed by atoms with van der Waals surface area (Å²) in [5, 5.41) is 0. The monoisotopic (exact) mass is 276 g/mol. The number of piperidine rings is 1. The minimum atomic E-state index is -0.00107. The smallest absolute Gasteiger partial charge is 0.309 e. The Labute approximate surface area is 121 Å². The normalized spacial score (nSPS) is 22.5. The second-order valence-corrected chi connectivity index (χ2v) is 5.62. The molecule has 1 aliphatic rings. The van der Waals surface area contributed by atoms with Gasteiger partial charge in [-0.2, -0.15) is 0 Å². The molecule has 0 amide bonds. The molecule has 0 unspecified atom stereocenters. The van der Waals surface area contributed by atoms with Gasteiger partial charge in [0.1, 0.15) is 6.54 Å². The van der Waals surface area contributed by atoms with Crippen molar-refractivity contribution in [1.82, 2.24) is 0 Å². The molecule has 1 aliphatic heterocycles. The Bertz CT molecular complexity index is 419. The standard InChI is InChI=1S/C17H25NO2/c1-3-14-5-7-15(8-6-14)13-18-11-9-16(10-12-18)17(19)20-4-2/h5-8,16H,3-4,9-13H2,1-2H3/p+1. The van der Waals surface area contributed by atoms with E-state index in [-0.39, 0.29) is 11.9 Å². The summed E-state index contributed by atoms with van der Waals surface area (Å²) in [5.74, 6) is 0.125. The summed E-state index contributed by atoms with van der Waals surface area (Å²) in [5.41, 5.74) is 2.79. The predicted molar refractivity (Wildman–Crippen MR) is 79.6 cm³/mol. The average molecular weight is 276 g/mol. The molecule has 2 rings (SSSR count). The van der Waals surface area contributed by atoms with Gasteiger partial charge in [-0.3, -0.25) is 4.79 Å². The SMILES string of the molecule is CCOC(=O)C1CC[NH+](Cc2ccc(CC)cc2)CC1. The molecule has 110 valence electrons. The Hall–Kier alpha value is -1.35. The Morgan fingerprint density at radius 1 is 1.15 bits per heavy atom. The van der Waals surface area contributed by atoms with Crippen LogP contribution in [0.4, 0.5) is 0 Å². The van der Waals surface area contributed by atoms with Crippen molar-refractivity contribution in [2.24, 2.45) is 5.92 Å². The summed E-state index contributed by atoms with van der Waals surface area (Å²) in [4.78, 5) is 13.3. The molecular formula is C17H26NO2+. The van der Waals surface area contributed by atoms with E-state index in [9.17, 15) is 4.79 Å². The van der Waals surface area contributed by atoms with Gasteiger partial charge in [0.15, 0.2) is 0 Å². The molecule has 1 N–H and O–H groups in total. The van der Waals surface area contributed by atoms with Gasteiger partial charge in [-0.25, -0.2) is 0 Å². The van der Waals surface area contributed by atoms with Gasteiger partial charge in [-0.1, -0.05) is 31.2 Å².